The maximum absolute atomic E-state index is 13.3. The van der Waals surface area contributed by atoms with Crippen LogP contribution in [0, 0.1) is 0 Å². The average molecular weight is 679 g/mol. The number of carbonyl (C=O) groups is 2. The summed E-state index contributed by atoms with van der Waals surface area (Å²) in [4.78, 5) is 26.1. The van der Waals surface area contributed by atoms with Gasteiger partial charge in [0.2, 0.25) is 0 Å². The Morgan fingerprint density at radius 1 is 0.479 bits per heavy atom. The maximum atomic E-state index is 13.3. The number of nitrogens with zero attached hydrogens (tertiary/aromatic N) is 2. The van der Waals surface area contributed by atoms with Crippen LogP contribution in [-0.2, 0) is 32.9 Å². The summed E-state index contributed by atoms with van der Waals surface area (Å²) in [5.74, 6) is -0.855. The maximum Gasteiger partial charge on any atom is 0.264 e. The number of rotatable bonds is 8. The number of hydrogen-bond donors (Lipinski definition) is 2. The molecule has 0 fully saturated rings. The van der Waals surface area contributed by atoms with E-state index in [-0.39, 0.29) is 9.79 Å². The Morgan fingerprint density at radius 3 is 1.21 bits per heavy atom. The van der Waals surface area contributed by atoms with Gasteiger partial charge in [0.1, 0.15) is 0 Å². The molecule has 12 heteroatoms. The van der Waals surface area contributed by atoms with Gasteiger partial charge in [-0.25, -0.2) is 16.8 Å². The van der Waals surface area contributed by atoms with Crippen LogP contribution in [0.5, 0.6) is 0 Å². The van der Waals surface area contributed by atoms with Crippen molar-refractivity contribution in [2.45, 2.75) is 22.6 Å². The highest BCUT2D eigenvalue weighted by molar-refractivity contribution is 7.93. The van der Waals surface area contributed by atoms with Gasteiger partial charge in [0.15, 0.2) is 0 Å². The molecule has 5 aromatic rings. The fourth-order valence-corrected chi connectivity index (χ4v) is 8.98. The van der Waals surface area contributed by atoms with Gasteiger partial charge in [-0.15, -0.1) is 0 Å². The first-order chi connectivity index (χ1) is 23.1. The van der Waals surface area contributed by atoms with E-state index in [1.54, 1.807) is 12.1 Å². The van der Waals surface area contributed by atoms with Gasteiger partial charge in [-0.1, -0.05) is 36.4 Å². The summed E-state index contributed by atoms with van der Waals surface area (Å²) in [6, 6.07) is 32.9. The van der Waals surface area contributed by atoms with Crippen molar-refractivity contribution < 1.29 is 26.4 Å². The highest BCUT2D eigenvalue weighted by Crippen LogP contribution is 2.34. The highest BCUT2D eigenvalue weighted by atomic mass is 32.2. The van der Waals surface area contributed by atoms with Crippen molar-refractivity contribution in [2.75, 3.05) is 32.3 Å². The number of sulfonamides is 2. The molecule has 2 N–H and O–H groups in total. The van der Waals surface area contributed by atoms with Crippen LogP contribution in [0.2, 0.25) is 0 Å². The van der Waals surface area contributed by atoms with Crippen molar-refractivity contribution in [2.24, 2.45) is 0 Å². The molecule has 0 spiro atoms. The van der Waals surface area contributed by atoms with Crippen molar-refractivity contribution in [1.29, 1.82) is 0 Å². The molecule has 242 valence electrons. The van der Waals surface area contributed by atoms with Crippen LogP contribution in [0.1, 0.15) is 31.8 Å². The van der Waals surface area contributed by atoms with Crippen LogP contribution in [-0.4, -0.2) is 41.7 Å². The van der Waals surface area contributed by atoms with Crippen LogP contribution in [0.25, 0.3) is 0 Å². The summed E-state index contributed by atoms with van der Waals surface area (Å²) in [5, 5.41) is 5.51. The smallest absolute Gasteiger partial charge is 0.264 e. The zero-order chi connectivity index (χ0) is 33.5. The minimum absolute atomic E-state index is 0.126. The van der Waals surface area contributed by atoms with E-state index >= 15 is 0 Å². The molecule has 10 nitrogen and oxygen atoms in total. The molecule has 2 amide bonds. The first-order valence-electron chi connectivity index (χ1n) is 15.3. The van der Waals surface area contributed by atoms with E-state index in [1.165, 1.54) is 81.4 Å². The van der Waals surface area contributed by atoms with E-state index in [0.29, 0.717) is 59.8 Å². The third kappa shape index (κ3) is 5.80. The molecule has 0 radical (unpaired) electrons. The predicted molar refractivity (Wildman–Crippen MR) is 185 cm³/mol. The van der Waals surface area contributed by atoms with E-state index < -0.39 is 31.9 Å². The van der Waals surface area contributed by atoms with E-state index in [9.17, 15) is 26.4 Å². The molecule has 0 unspecified atom stereocenters. The second-order valence-electron chi connectivity index (χ2n) is 11.4. The first kappa shape index (κ1) is 31.2. The second kappa shape index (κ2) is 12.3. The largest absolute Gasteiger partial charge is 0.322 e. The van der Waals surface area contributed by atoms with Gasteiger partial charge >= 0.3 is 0 Å². The molecule has 2 aliphatic rings. The first-order valence-corrected chi connectivity index (χ1v) is 18.1. The Labute approximate surface area is 278 Å². The molecule has 0 atom stereocenters. The standard InChI is InChI=1S/C36H30N4O6S2/c41-35(37-29-13-17-31(18-14-29)47(43,44)39-23-21-25-5-1-3-7-33(25)39)27-9-11-28(12-10-27)36(42)38-30-15-19-32(20-16-30)48(45,46)40-24-22-26-6-2-4-8-34(26)40/h1-20H,21-24H2,(H,37,41)(H,38,42). The van der Waals surface area contributed by atoms with Gasteiger partial charge in [0, 0.05) is 35.6 Å². The molecule has 0 saturated carbocycles. The molecular weight excluding hydrogens is 649 g/mol. The quantitative estimate of drug-likeness (QED) is 0.217. The van der Waals surface area contributed by atoms with E-state index in [0.717, 1.165) is 11.1 Å². The Bertz CT molecular complexity index is 2090. The molecule has 2 aliphatic heterocycles. The topological polar surface area (TPSA) is 133 Å². The average Bonchev–Trinajstić information content (AvgIpc) is 3.75. The molecular formula is C36H30N4O6S2. The normalized spacial score (nSPS) is 13.9. The lowest BCUT2D eigenvalue weighted by Crippen LogP contribution is -2.29. The van der Waals surface area contributed by atoms with Crippen LogP contribution < -0.4 is 19.2 Å². The minimum atomic E-state index is -3.75. The van der Waals surface area contributed by atoms with Gasteiger partial charge in [0.25, 0.3) is 31.9 Å². The molecule has 0 aliphatic carbocycles. The summed E-state index contributed by atoms with van der Waals surface area (Å²) in [6.07, 6.45) is 1.30. The minimum Gasteiger partial charge on any atom is -0.322 e. The number of para-hydroxylation sites is 2. The number of hydrogen-bond acceptors (Lipinski definition) is 6. The van der Waals surface area contributed by atoms with Gasteiger partial charge in [0.05, 0.1) is 21.2 Å². The van der Waals surface area contributed by atoms with Crippen molar-refractivity contribution in [3.8, 4) is 0 Å². The van der Waals surface area contributed by atoms with Gasteiger partial charge in [-0.2, -0.15) is 0 Å². The predicted octanol–water partition coefficient (Wildman–Crippen LogP) is 5.69. The van der Waals surface area contributed by atoms with Crippen molar-refractivity contribution in [1.82, 2.24) is 0 Å². The summed E-state index contributed by atoms with van der Waals surface area (Å²) in [6.45, 7) is 0.749. The Hall–Kier alpha value is -5.46. The Balaban J connectivity index is 0.964. The lowest BCUT2D eigenvalue weighted by molar-refractivity contribution is 0.101. The third-order valence-electron chi connectivity index (χ3n) is 8.50. The third-order valence-corrected chi connectivity index (χ3v) is 12.2. The lowest BCUT2D eigenvalue weighted by atomic mass is 10.1. The number of amides is 2. The number of anilines is 4. The highest BCUT2D eigenvalue weighted by Gasteiger charge is 2.31. The summed E-state index contributed by atoms with van der Waals surface area (Å²) in [5.41, 5.74) is 4.77. The van der Waals surface area contributed by atoms with Gasteiger partial charge in [-0.3, -0.25) is 18.2 Å². The molecule has 2 heterocycles. The molecule has 0 bridgehead atoms. The summed E-state index contributed by atoms with van der Waals surface area (Å²) >= 11 is 0. The number of benzene rings is 5. The Morgan fingerprint density at radius 2 is 0.833 bits per heavy atom. The SMILES string of the molecule is O=C(Nc1ccc(S(=O)(=O)N2CCc3ccccc32)cc1)c1ccc(C(=O)Nc2ccc(S(=O)(=O)N3CCc4ccccc43)cc2)cc1. The van der Waals surface area contributed by atoms with E-state index in [4.69, 9.17) is 0 Å². The van der Waals surface area contributed by atoms with E-state index in [2.05, 4.69) is 10.6 Å². The van der Waals surface area contributed by atoms with Crippen molar-refractivity contribution in [3.63, 3.8) is 0 Å². The lowest BCUT2D eigenvalue weighted by Gasteiger charge is -2.19. The van der Waals surface area contributed by atoms with Gasteiger partial charge in [-0.05, 0) is 109 Å². The zero-order valence-corrected chi connectivity index (χ0v) is 27.2. The Kier molecular flexibility index (Phi) is 7.98. The summed E-state index contributed by atoms with van der Waals surface area (Å²) < 4.78 is 55.9. The molecule has 5 aromatic carbocycles. The molecule has 7 rings (SSSR count). The van der Waals surface area contributed by atoms with Crippen LogP contribution in [0.15, 0.2) is 131 Å². The van der Waals surface area contributed by atoms with Crippen molar-refractivity contribution in [3.05, 3.63) is 144 Å². The number of carbonyl (C=O) groups excluding carboxylic acids is 2. The monoisotopic (exact) mass is 678 g/mol. The molecule has 0 saturated heterocycles. The zero-order valence-electron chi connectivity index (χ0n) is 25.5. The van der Waals surface area contributed by atoms with Crippen LogP contribution in [0.3, 0.4) is 0 Å². The second-order valence-corrected chi connectivity index (χ2v) is 15.2. The summed E-state index contributed by atoms with van der Waals surface area (Å²) in [7, 11) is -7.51. The van der Waals surface area contributed by atoms with Crippen LogP contribution in [0.4, 0.5) is 22.7 Å². The van der Waals surface area contributed by atoms with Gasteiger partial charge < -0.3 is 10.6 Å². The van der Waals surface area contributed by atoms with Crippen molar-refractivity contribution >= 4 is 54.6 Å². The molecule has 0 aromatic heterocycles. The molecule has 48 heavy (non-hydrogen) atoms. The number of fused-ring (bicyclic) bond motifs is 2. The number of nitrogens with one attached hydrogen (secondary N) is 2. The fourth-order valence-electron chi connectivity index (χ4n) is 5.97. The fraction of sp³-hybridized carbons (Fsp3) is 0.111. The van der Waals surface area contributed by atoms with Crippen LogP contribution >= 0.6 is 0 Å². The van der Waals surface area contributed by atoms with E-state index in [1.807, 2.05) is 36.4 Å².